The predicted molar refractivity (Wildman–Crippen MR) is 107 cm³/mol. The van der Waals surface area contributed by atoms with Gasteiger partial charge in [-0.2, -0.15) is 0 Å². The molecule has 3 heterocycles. The molecule has 148 valence electrons. The summed E-state index contributed by atoms with van der Waals surface area (Å²) in [7, 11) is 0. The lowest BCUT2D eigenvalue weighted by Crippen LogP contribution is -2.66. The van der Waals surface area contributed by atoms with Crippen molar-refractivity contribution >= 4 is 35.2 Å². The van der Waals surface area contributed by atoms with E-state index in [0.717, 1.165) is 0 Å². The van der Waals surface area contributed by atoms with E-state index in [1.54, 1.807) is 36.9 Å². The Balaban J connectivity index is 1.55. The summed E-state index contributed by atoms with van der Waals surface area (Å²) < 4.78 is 4.84. The summed E-state index contributed by atoms with van der Waals surface area (Å²) >= 11 is 7.84. The van der Waals surface area contributed by atoms with Crippen LogP contribution in [-0.2, 0) is 4.79 Å². The number of halogens is 1. The molecule has 3 atom stereocenters. The summed E-state index contributed by atoms with van der Waals surface area (Å²) in [5, 5.41) is 17.0. The smallest absolute Gasteiger partial charge is 0.322 e. The number of nitrogens with zero attached hydrogens (tertiary/aromatic N) is 2. The fourth-order valence-electron chi connectivity index (χ4n) is 3.96. The number of carbonyl (C=O) groups is 2. The highest BCUT2D eigenvalue weighted by Gasteiger charge is 2.59. The molecule has 28 heavy (non-hydrogen) atoms. The highest BCUT2D eigenvalue weighted by Crippen LogP contribution is 2.50. The highest BCUT2D eigenvalue weighted by molar-refractivity contribution is 8.01. The van der Waals surface area contributed by atoms with Crippen LogP contribution < -0.4 is 5.32 Å². The number of rotatable bonds is 4. The molecule has 2 aromatic rings. The topological polar surface area (TPSA) is 95.7 Å². The monoisotopic (exact) mass is 421 g/mol. The van der Waals surface area contributed by atoms with Crippen molar-refractivity contribution in [1.82, 2.24) is 15.4 Å². The van der Waals surface area contributed by atoms with Crippen molar-refractivity contribution in [1.29, 1.82) is 0 Å². The molecular weight excluding hydrogens is 402 g/mol. The molecule has 7 nitrogen and oxygen atoms in total. The van der Waals surface area contributed by atoms with Crippen LogP contribution in [0.25, 0.3) is 11.3 Å². The molecule has 0 saturated carbocycles. The molecule has 0 radical (unpaired) electrons. The van der Waals surface area contributed by atoms with Crippen LogP contribution >= 0.6 is 23.4 Å². The molecule has 1 aromatic heterocycles. The van der Waals surface area contributed by atoms with Gasteiger partial charge in [0.1, 0.15) is 23.1 Å². The Kier molecular flexibility index (Phi) is 4.68. The minimum atomic E-state index is -0.833. The molecule has 2 N–H and O–H groups in total. The number of aryl methyl sites for hydroxylation is 1. The lowest BCUT2D eigenvalue weighted by Gasteiger charge is -2.44. The number of thioether (sulfide) groups is 1. The van der Waals surface area contributed by atoms with E-state index in [0.29, 0.717) is 34.1 Å². The fraction of sp³-hybridized carbons (Fsp3) is 0.421. The van der Waals surface area contributed by atoms with Crippen LogP contribution in [0.4, 0.5) is 0 Å². The van der Waals surface area contributed by atoms with Crippen LogP contribution in [-0.4, -0.2) is 55.8 Å². The van der Waals surface area contributed by atoms with Crippen molar-refractivity contribution in [3.63, 3.8) is 0 Å². The van der Waals surface area contributed by atoms with Gasteiger partial charge in [0, 0.05) is 16.9 Å². The van der Waals surface area contributed by atoms with Gasteiger partial charge in [0.2, 0.25) is 0 Å². The number of fused-ring (bicyclic) bond motifs is 1. The molecule has 0 aliphatic carbocycles. The average Bonchev–Trinajstić information content (AvgIpc) is 3.09. The zero-order chi connectivity index (χ0) is 20.2. The Labute approximate surface area is 171 Å². The second-order valence-electron chi connectivity index (χ2n) is 7.57. The van der Waals surface area contributed by atoms with Crippen molar-refractivity contribution in [3.8, 4) is 11.3 Å². The Morgan fingerprint density at radius 1 is 1.39 bits per heavy atom. The molecule has 0 spiro atoms. The van der Waals surface area contributed by atoms with Gasteiger partial charge in [0.25, 0.3) is 5.91 Å². The van der Waals surface area contributed by atoms with Gasteiger partial charge in [-0.15, -0.1) is 11.8 Å². The number of benzene rings is 1. The highest BCUT2D eigenvalue weighted by atomic mass is 35.5. The Morgan fingerprint density at radius 3 is 2.79 bits per heavy atom. The number of carbonyl (C=O) groups excluding carboxylic acids is 1. The van der Waals surface area contributed by atoms with Crippen molar-refractivity contribution in [2.45, 2.75) is 43.0 Å². The number of nitrogens with one attached hydrogen (secondary N) is 1. The molecule has 4 rings (SSSR count). The second-order valence-corrected chi connectivity index (χ2v) is 9.75. The standard InChI is InChI=1S/C19H20ClN3O4S/c1-9-13(14(22-27-9)10-6-4-5-7-11(10)20)16(24)21-12-8-23-15(18(25)26)19(2,3)28-17(12)23/h4-7,12,15,17H,8H2,1-3H3,(H,21,24)(H,25,26). The Morgan fingerprint density at radius 2 is 2.11 bits per heavy atom. The first-order chi connectivity index (χ1) is 13.2. The van der Waals surface area contributed by atoms with E-state index >= 15 is 0 Å². The first-order valence-electron chi connectivity index (χ1n) is 8.89. The first-order valence-corrected chi connectivity index (χ1v) is 10.1. The SMILES string of the molecule is Cc1onc(-c2ccccc2Cl)c1C(=O)NC1CN2C1SC(C)(C)C2C(=O)O. The minimum absolute atomic E-state index is 0.0658. The average molecular weight is 422 g/mol. The van der Waals surface area contributed by atoms with Gasteiger partial charge < -0.3 is 14.9 Å². The van der Waals surface area contributed by atoms with Crippen molar-refractivity contribution in [2.24, 2.45) is 0 Å². The molecule has 2 aliphatic heterocycles. The predicted octanol–water partition coefficient (Wildman–Crippen LogP) is 3.02. The van der Waals surface area contributed by atoms with Crippen LogP contribution in [0.5, 0.6) is 0 Å². The van der Waals surface area contributed by atoms with E-state index in [1.807, 2.05) is 24.8 Å². The molecule has 1 amide bonds. The van der Waals surface area contributed by atoms with Gasteiger partial charge in [0.15, 0.2) is 0 Å². The van der Waals surface area contributed by atoms with Gasteiger partial charge in [-0.25, -0.2) is 0 Å². The molecule has 2 fully saturated rings. The van der Waals surface area contributed by atoms with Gasteiger partial charge >= 0.3 is 5.97 Å². The van der Waals surface area contributed by atoms with Crippen LogP contribution in [0.1, 0.15) is 30.0 Å². The van der Waals surface area contributed by atoms with Crippen molar-refractivity contribution in [2.75, 3.05) is 6.54 Å². The Bertz CT molecular complexity index is 960. The zero-order valence-electron chi connectivity index (χ0n) is 15.6. The van der Waals surface area contributed by atoms with E-state index < -0.39 is 16.8 Å². The van der Waals surface area contributed by atoms with Crippen LogP contribution in [0.3, 0.4) is 0 Å². The van der Waals surface area contributed by atoms with Crippen molar-refractivity contribution < 1.29 is 19.2 Å². The summed E-state index contributed by atoms with van der Waals surface area (Å²) in [5.74, 6) is -0.720. The maximum atomic E-state index is 13.0. The number of hydrogen-bond acceptors (Lipinski definition) is 6. The summed E-state index contributed by atoms with van der Waals surface area (Å²) in [6.45, 7) is 6.03. The second kappa shape index (κ2) is 6.79. The third-order valence-electron chi connectivity index (χ3n) is 5.26. The van der Waals surface area contributed by atoms with E-state index in [-0.39, 0.29) is 17.3 Å². The van der Waals surface area contributed by atoms with Crippen LogP contribution in [0.2, 0.25) is 5.02 Å². The summed E-state index contributed by atoms with van der Waals surface area (Å²) in [6, 6.07) is 6.44. The Hall–Kier alpha value is -2.03. The lowest BCUT2D eigenvalue weighted by atomic mass is 9.96. The van der Waals surface area contributed by atoms with Gasteiger partial charge in [-0.3, -0.25) is 14.5 Å². The third-order valence-corrected chi connectivity index (χ3v) is 7.26. The molecule has 9 heteroatoms. The van der Waals surface area contributed by atoms with Gasteiger partial charge in [-0.05, 0) is 26.8 Å². The van der Waals surface area contributed by atoms with Crippen LogP contribution in [0.15, 0.2) is 28.8 Å². The normalized spacial score (nSPS) is 25.8. The number of aliphatic carboxylic acids is 1. The van der Waals surface area contributed by atoms with Crippen molar-refractivity contribution in [3.05, 3.63) is 40.6 Å². The number of hydrogen-bond donors (Lipinski definition) is 2. The molecule has 3 unspecified atom stereocenters. The summed E-state index contributed by atoms with van der Waals surface area (Å²) in [6.07, 6.45) is 0. The van der Waals surface area contributed by atoms with E-state index in [1.165, 1.54) is 0 Å². The van der Waals surface area contributed by atoms with Gasteiger partial charge in [-0.1, -0.05) is 35.0 Å². The number of carboxylic acids is 1. The number of aromatic nitrogens is 1. The van der Waals surface area contributed by atoms with E-state index in [9.17, 15) is 14.7 Å². The molecule has 2 saturated heterocycles. The summed E-state index contributed by atoms with van der Waals surface area (Å²) in [5.41, 5.74) is 1.38. The maximum absolute atomic E-state index is 13.0. The quantitative estimate of drug-likeness (QED) is 0.783. The molecule has 0 bridgehead atoms. The third kappa shape index (κ3) is 3.00. The minimum Gasteiger partial charge on any atom is -0.480 e. The fourth-order valence-corrected chi connectivity index (χ4v) is 5.84. The first kappa shape index (κ1) is 19.3. The molecule has 1 aromatic carbocycles. The lowest BCUT2D eigenvalue weighted by molar-refractivity contribution is -0.146. The molecular formula is C19H20ClN3O4S. The van der Waals surface area contributed by atoms with E-state index in [4.69, 9.17) is 16.1 Å². The van der Waals surface area contributed by atoms with E-state index in [2.05, 4.69) is 10.5 Å². The zero-order valence-corrected chi connectivity index (χ0v) is 17.2. The number of amides is 1. The summed E-state index contributed by atoms with van der Waals surface area (Å²) in [4.78, 5) is 26.6. The largest absolute Gasteiger partial charge is 0.480 e. The number of carboxylic acid groups (broad SMARTS) is 1. The molecule has 2 aliphatic rings. The van der Waals surface area contributed by atoms with Crippen LogP contribution in [0, 0.1) is 6.92 Å². The van der Waals surface area contributed by atoms with Gasteiger partial charge in [0.05, 0.1) is 16.4 Å². The maximum Gasteiger partial charge on any atom is 0.322 e.